The summed E-state index contributed by atoms with van der Waals surface area (Å²) in [6.07, 6.45) is 1.46. The lowest BCUT2D eigenvalue weighted by molar-refractivity contribution is -0.384. The zero-order chi connectivity index (χ0) is 23.0. The number of rotatable bonds is 4. The molecular weight excluding hydrogens is 502 g/mol. The lowest BCUT2D eigenvalue weighted by Gasteiger charge is -2.24. The highest BCUT2D eigenvalue weighted by Gasteiger charge is 2.47. The molecule has 8 nitrogen and oxygen atoms in total. The van der Waals surface area contributed by atoms with Gasteiger partial charge in [0.15, 0.2) is 0 Å². The van der Waals surface area contributed by atoms with E-state index in [9.17, 15) is 24.8 Å². The Morgan fingerprint density at radius 3 is 2.47 bits per heavy atom. The smallest absolute Gasteiger partial charge is 0.301 e. The van der Waals surface area contributed by atoms with E-state index in [4.69, 9.17) is 11.6 Å². The Bertz CT molecular complexity index is 1280. The number of anilines is 1. The number of nitrogens with zero attached hydrogens (tertiary/aromatic N) is 3. The molecule has 0 spiro atoms. The molecule has 32 heavy (non-hydrogen) atoms. The number of aromatic nitrogens is 1. The molecule has 1 aliphatic rings. The number of hydrogen-bond acceptors (Lipinski definition) is 6. The predicted octanol–water partition coefficient (Wildman–Crippen LogP) is 5.03. The highest BCUT2D eigenvalue weighted by molar-refractivity contribution is 9.10. The molecule has 3 aromatic rings. The summed E-state index contributed by atoms with van der Waals surface area (Å²) < 4.78 is 0.658. The molecule has 0 saturated carbocycles. The third-order valence-corrected chi connectivity index (χ3v) is 5.64. The molecule has 4 rings (SSSR count). The average molecular weight is 515 g/mol. The molecule has 1 amide bonds. The van der Waals surface area contributed by atoms with Gasteiger partial charge in [-0.15, -0.1) is 0 Å². The number of halogens is 2. The van der Waals surface area contributed by atoms with Gasteiger partial charge < -0.3 is 5.11 Å². The quantitative estimate of drug-likeness (QED) is 0.172. The fourth-order valence-corrected chi connectivity index (χ4v) is 3.83. The molecular formula is C22H13BrClN3O5. The van der Waals surface area contributed by atoms with Crippen molar-refractivity contribution in [2.75, 3.05) is 4.90 Å². The van der Waals surface area contributed by atoms with Crippen LogP contribution in [0.15, 0.2) is 76.9 Å². The van der Waals surface area contributed by atoms with Gasteiger partial charge in [0.25, 0.3) is 11.5 Å². The van der Waals surface area contributed by atoms with Crippen molar-refractivity contribution in [2.45, 2.75) is 6.04 Å². The lowest BCUT2D eigenvalue weighted by atomic mass is 9.95. The first-order valence-electron chi connectivity index (χ1n) is 9.21. The molecule has 1 N–H and O–H groups in total. The zero-order valence-corrected chi connectivity index (χ0v) is 18.4. The summed E-state index contributed by atoms with van der Waals surface area (Å²) in [5, 5.41) is 22.7. The Morgan fingerprint density at radius 1 is 1.12 bits per heavy atom. The van der Waals surface area contributed by atoms with E-state index in [1.54, 1.807) is 12.1 Å². The first kappa shape index (κ1) is 21.7. The second-order valence-corrected chi connectivity index (χ2v) is 8.21. The van der Waals surface area contributed by atoms with Crippen LogP contribution in [0.3, 0.4) is 0 Å². The third kappa shape index (κ3) is 3.88. The van der Waals surface area contributed by atoms with E-state index in [1.165, 1.54) is 54.7 Å². The number of nitro groups is 1. The number of non-ortho nitro benzene ring substituents is 1. The average Bonchev–Trinajstić information content (AvgIpc) is 3.05. The van der Waals surface area contributed by atoms with Crippen molar-refractivity contribution in [3.63, 3.8) is 0 Å². The molecule has 0 aliphatic carbocycles. The number of carbonyl (C=O) groups excluding carboxylic acids is 2. The first-order valence-corrected chi connectivity index (χ1v) is 10.4. The number of hydrogen-bond donors (Lipinski definition) is 1. The SMILES string of the molecule is O=C1C(=O)N(c2ccc(Br)cn2)C(c2cccc([N+](=O)[O-])c2)/C1=C(\O)c1ccc(Cl)cc1. The Morgan fingerprint density at radius 2 is 1.84 bits per heavy atom. The van der Waals surface area contributed by atoms with Crippen LogP contribution in [0.2, 0.25) is 5.02 Å². The van der Waals surface area contributed by atoms with Gasteiger partial charge in [-0.1, -0.05) is 23.7 Å². The minimum atomic E-state index is -1.13. The van der Waals surface area contributed by atoms with Crippen LogP contribution in [0, 0.1) is 10.1 Å². The summed E-state index contributed by atoms with van der Waals surface area (Å²) in [6, 6.07) is 13.7. The maximum absolute atomic E-state index is 13.0. The predicted molar refractivity (Wildman–Crippen MR) is 121 cm³/mol. The number of nitro benzene ring substituents is 1. The summed E-state index contributed by atoms with van der Waals surface area (Å²) in [7, 11) is 0. The lowest BCUT2D eigenvalue weighted by Crippen LogP contribution is -2.30. The van der Waals surface area contributed by atoms with Gasteiger partial charge in [0.1, 0.15) is 11.6 Å². The van der Waals surface area contributed by atoms with Crippen LogP contribution in [0.5, 0.6) is 0 Å². The summed E-state index contributed by atoms with van der Waals surface area (Å²) in [5.41, 5.74) is 0.121. The van der Waals surface area contributed by atoms with E-state index in [0.717, 1.165) is 4.90 Å². The van der Waals surface area contributed by atoms with Crippen molar-refractivity contribution in [1.29, 1.82) is 0 Å². The highest BCUT2D eigenvalue weighted by atomic mass is 79.9. The molecule has 1 aromatic heterocycles. The Labute approximate surface area is 195 Å². The van der Waals surface area contributed by atoms with Crippen LogP contribution in [-0.2, 0) is 9.59 Å². The second kappa shape index (κ2) is 8.52. The third-order valence-electron chi connectivity index (χ3n) is 4.92. The van der Waals surface area contributed by atoms with Gasteiger partial charge in [-0.05, 0) is 57.9 Å². The van der Waals surface area contributed by atoms with E-state index in [-0.39, 0.29) is 28.2 Å². The van der Waals surface area contributed by atoms with Gasteiger partial charge in [0, 0.05) is 33.4 Å². The molecule has 1 unspecified atom stereocenters. The molecule has 1 fully saturated rings. The molecule has 1 aliphatic heterocycles. The first-order chi connectivity index (χ1) is 15.3. The van der Waals surface area contributed by atoms with Crippen LogP contribution in [0.4, 0.5) is 11.5 Å². The van der Waals surface area contributed by atoms with E-state index >= 15 is 0 Å². The molecule has 1 saturated heterocycles. The van der Waals surface area contributed by atoms with Crippen molar-refractivity contribution >= 4 is 56.5 Å². The van der Waals surface area contributed by atoms with Gasteiger partial charge in [-0.25, -0.2) is 4.98 Å². The maximum atomic E-state index is 13.0. The monoisotopic (exact) mass is 513 g/mol. The number of ketones is 1. The van der Waals surface area contributed by atoms with Crippen LogP contribution < -0.4 is 4.90 Å². The summed E-state index contributed by atoms with van der Waals surface area (Å²) in [6.45, 7) is 0. The van der Waals surface area contributed by atoms with Gasteiger partial charge in [-0.3, -0.25) is 24.6 Å². The summed E-state index contributed by atoms with van der Waals surface area (Å²) in [5.74, 6) is -2.11. The normalized spacial score (nSPS) is 17.6. The standard InChI is InChI=1S/C22H13BrClN3O5/c23-14-6-9-17(25-11-14)26-19(13-2-1-3-16(10-13)27(31)32)18(21(29)22(26)30)20(28)12-4-7-15(24)8-5-12/h1-11,19,28H/b20-18+. The van der Waals surface area contributed by atoms with Gasteiger partial charge in [0.05, 0.1) is 16.5 Å². The van der Waals surface area contributed by atoms with E-state index < -0.39 is 28.4 Å². The molecule has 160 valence electrons. The van der Waals surface area contributed by atoms with Crippen LogP contribution in [0.25, 0.3) is 5.76 Å². The van der Waals surface area contributed by atoms with Gasteiger partial charge in [-0.2, -0.15) is 0 Å². The molecule has 0 bridgehead atoms. The second-order valence-electron chi connectivity index (χ2n) is 6.86. The Hall–Kier alpha value is -3.56. The van der Waals surface area contributed by atoms with Gasteiger partial charge >= 0.3 is 5.91 Å². The van der Waals surface area contributed by atoms with E-state index in [1.807, 2.05) is 0 Å². The number of aliphatic hydroxyl groups excluding tert-OH is 1. The van der Waals surface area contributed by atoms with E-state index in [0.29, 0.717) is 9.50 Å². The number of carbonyl (C=O) groups is 2. The van der Waals surface area contributed by atoms with Crippen molar-refractivity contribution < 1.29 is 19.6 Å². The van der Waals surface area contributed by atoms with Crippen molar-refractivity contribution in [3.8, 4) is 0 Å². The number of aliphatic hydroxyl groups is 1. The van der Waals surface area contributed by atoms with Gasteiger partial charge in [0.2, 0.25) is 0 Å². The van der Waals surface area contributed by atoms with Crippen LogP contribution >= 0.6 is 27.5 Å². The van der Waals surface area contributed by atoms with Crippen LogP contribution in [0.1, 0.15) is 17.2 Å². The number of benzene rings is 2. The topological polar surface area (TPSA) is 114 Å². The summed E-state index contributed by atoms with van der Waals surface area (Å²) in [4.78, 5) is 42.1. The number of amides is 1. The van der Waals surface area contributed by atoms with E-state index in [2.05, 4.69) is 20.9 Å². The number of pyridine rings is 1. The minimum absolute atomic E-state index is 0.155. The summed E-state index contributed by atoms with van der Waals surface area (Å²) >= 11 is 9.18. The maximum Gasteiger partial charge on any atom is 0.301 e. The molecule has 2 aromatic carbocycles. The van der Waals surface area contributed by atoms with Crippen molar-refractivity contribution in [2.24, 2.45) is 0 Å². The molecule has 0 radical (unpaired) electrons. The molecule has 2 heterocycles. The van der Waals surface area contributed by atoms with Crippen molar-refractivity contribution in [1.82, 2.24) is 4.98 Å². The zero-order valence-electron chi connectivity index (χ0n) is 16.1. The Kier molecular flexibility index (Phi) is 5.77. The largest absolute Gasteiger partial charge is 0.507 e. The molecule has 1 atom stereocenters. The van der Waals surface area contributed by atoms with Crippen molar-refractivity contribution in [3.05, 3.63) is 103 Å². The highest BCUT2D eigenvalue weighted by Crippen LogP contribution is 2.42. The fraction of sp³-hybridized carbons (Fsp3) is 0.0455. The Balaban J connectivity index is 1.96. The van der Waals surface area contributed by atoms with Crippen LogP contribution in [-0.4, -0.2) is 26.7 Å². The number of Topliss-reactive ketones (excluding diaryl/α,β-unsaturated/α-hetero) is 1. The fourth-order valence-electron chi connectivity index (χ4n) is 3.47. The minimum Gasteiger partial charge on any atom is -0.507 e. The molecule has 10 heteroatoms.